The number of nitrogens with two attached hydrogens (primary N) is 2. The standard InChI is InChI=1S/C17H22N8O/c18-11(17(26)23-10-1-2-10)3-4-14(19)25-8-6-12-15(21-9-20-12)16(25)13-5-7-22-24-13/h3-5,7,9-10,16H,1-2,6,8,18-19H2,(H,20,21)(H,22,24)(H,23,26)/b11-3-,14-4+. The minimum Gasteiger partial charge on any atom is -0.394 e. The summed E-state index contributed by atoms with van der Waals surface area (Å²) in [6, 6.07) is 2.00. The lowest BCUT2D eigenvalue weighted by Crippen LogP contribution is -2.38. The Labute approximate surface area is 150 Å². The molecule has 2 aromatic rings. The van der Waals surface area contributed by atoms with E-state index in [2.05, 4.69) is 25.5 Å². The number of carbonyl (C=O) groups excluding carboxylic acids is 1. The Morgan fingerprint density at radius 2 is 2.19 bits per heavy atom. The summed E-state index contributed by atoms with van der Waals surface area (Å²) < 4.78 is 0. The molecular formula is C17H22N8O. The highest BCUT2D eigenvalue weighted by atomic mass is 16.2. The zero-order chi connectivity index (χ0) is 18.1. The van der Waals surface area contributed by atoms with Gasteiger partial charge in [-0.1, -0.05) is 0 Å². The van der Waals surface area contributed by atoms with Crippen LogP contribution in [-0.2, 0) is 11.2 Å². The van der Waals surface area contributed by atoms with Crippen LogP contribution >= 0.6 is 0 Å². The first kappa shape index (κ1) is 16.2. The molecule has 1 fully saturated rings. The van der Waals surface area contributed by atoms with Gasteiger partial charge in [-0.05, 0) is 31.1 Å². The highest BCUT2D eigenvalue weighted by Crippen LogP contribution is 2.33. The molecule has 1 aliphatic heterocycles. The predicted octanol–water partition coefficient (Wildman–Crippen LogP) is 0.00160. The summed E-state index contributed by atoms with van der Waals surface area (Å²) in [6.45, 7) is 0.712. The van der Waals surface area contributed by atoms with Gasteiger partial charge in [0.2, 0.25) is 0 Å². The summed E-state index contributed by atoms with van der Waals surface area (Å²) in [5.41, 5.74) is 15.2. The molecule has 7 N–H and O–H groups in total. The minimum absolute atomic E-state index is 0.149. The van der Waals surface area contributed by atoms with Crippen LogP contribution in [0.5, 0.6) is 0 Å². The molecule has 1 atom stereocenters. The van der Waals surface area contributed by atoms with E-state index in [1.165, 1.54) is 0 Å². The van der Waals surface area contributed by atoms with Gasteiger partial charge in [-0.25, -0.2) is 4.98 Å². The number of aromatic amines is 2. The monoisotopic (exact) mass is 354 g/mol. The van der Waals surface area contributed by atoms with Gasteiger partial charge in [0.05, 0.1) is 29.2 Å². The maximum atomic E-state index is 11.9. The van der Waals surface area contributed by atoms with Crippen molar-refractivity contribution >= 4 is 5.91 Å². The summed E-state index contributed by atoms with van der Waals surface area (Å²) in [7, 11) is 0. The van der Waals surface area contributed by atoms with Gasteiger partial charge in [0, 0.05) is 30.9 Å². The molecule has 1 aliphatic carbocycles. The number of hydrogen-bond donors (Lipinski definition) is 5. The van der Waals surface area contributed by atoms with Crippen LogP contribution in [0.1, 0.15) is 36.0 Å². The second-order valence-electron chi connectivity index (χ2n) is 6.59. The number of allylic oxidation sites excluding steroid dienone is 2. The molecule has 0 spiro atoms. The largest absolute Gasteiger partial charge is 0.394 e. The summed E-state index contributed by atoms with van der Waals surface area (Å²) in [6.07, 6.45) is 9.45. The molecule has 1 saturated carbocycles. The fraction of sp³-hybridized carbons (Fsp3) is 0.353. The summed E-state index contributed by atoms with van der Waals surface area (Å²) in [5, 5.41) is 9.90. The van der Waals surface area contributed by atoms with E-state index in [1.54, 1.807) is 24.7 Å². The molecule has 1 amide bonds. The van der Waals surface area contributed by atoms with E-state index in [4.69, 9.17) is 11.5 Å². The number of imidazole rings is 1. The van der Waals surface area contributed by atoms with Crippen LogP contribution in [0.4, 0.5) is 0 Å². The molecule has 0 saturated heterocycles. The second-order valence-corrected chi connectivity index (χ2v) is 6.59. The summed E-state index contributed by atoms with van der Waals surface area (Å²) in [5.74, 6) is 0.260. The van der Waals surface area contributed by atoms with Crippen molar-refractivity contribution in [2.75, 3.05) is 6.54 Å². The quantitative estimate of drug-likeness (QED) is 0.378. The number of H-pyrrole nitrogens is 2. The summed E-state index contributed by atoms with van der Waals surface area (Å²) >= 11 is 0. The van der Waals surface area contributed by atoms with Crippen LogP contribution in [0.2, 0.25) is 0 Å². The highest BCUT2D eigenvalue weighted by Gasteiger charge is 2.32. The topological polar surface area (TPSA) is 142 Å². The van der Waals surface area contributed by atoms with Crippen molar-refractivity contribution in [3.63, 3.8) is 0 Å². The number of fused-ring (bicyclic) bond motifs is 1. The first-order chi connectivity index (χ1) is 12.6. The van der Waals surface area contributed by atoms with Crippen molar-refractivity contribution in [3.05, 3.63) is 59.3 Å². The molecular weight excluding hydrogens is 332 g/mol. The minimum atomic E-state index is -0.255. The van der Waals surface area contributed by atoms with Gasteiger partial charge in [-0.15, -0.1) is 0 Å². The zero-order valence-electron chi connectivity index (χ0n) is 14.3. The molecule has 136 valence electrons. The predicted molar refractivity (Wildman–Crippen MR) is 95.1 cm³/mol. The van der Waals surface area contributed by atoms with Crippen molar-refractivity contribution in [1.82, 2.24) is 30.4 Å². The number of nitrogens with zero attached hydrogens (tertiary/aromatic N) is 3. The first-order valence-electron chi connectivity index (χ1n) is 8.65. The van der Waals surface area contributed by atoms with Gasteiger partial charge in [-0.3, -0.25) is 9.89 Å². The van der Waals surface area contributed by atoms with Crippen molar-refractivity contribution in [1.29, 1.82) is 0 Å². The average Bonchev–Trinajstić information content (AvgIpc) is 3.13. The fourth-order valence-corrected chi connectivity index (χ4v) is 3.13. The SMILES string of the molecule is N/C(=C\C=C(/N)N1CCc2[nH]cnc2C1c1ccn[nH]1)C(=O)NC1CC1. The maximum absolute atomic E-state index is 11.9. The Hall–Kier alpha value is -3.23. The molecule has 9 heteroatoms. The number of amides is 1. The molecule has 2 aliphatic rings. The fourth-order valence-electron chi connectivity index (χ4n) is 3.13. The van der Waals surface area contributed by atoms with E-state index in [1.807, 2.05) is 11.0 Å². The van der Waals surface area contributed by atoms with E-state index in [-0.39, 0.29) is 23.7 Å². The second kappa shape index (κ2) is 6.58. The number of aromatic nitrogens is 4. The Bertz CT molecular complexity index is 846. The van der Waals surface area contributed by atoms with Gasteiger partial charge in [-0.2, -0.15) is 5.10 Å². The summed E-state index contributed by atoms with van der Waals surface area (Å²) in [4.78, 5) is 21.6. The van der Waals surface area contributed by atoms with Gasteiger partial charge in [0.15, 0.2) is 0 Å². The van der Waals surface area contributed by atoms with Crippen LogP contribution in [0.25, 0.3) is 0 Å². The number of rotatable bonds is 5. The third-order valence-electron chi connectivity index (χ3n) is 4.68. The Morgan fingerprint density at radius 1 is 1.35 bits per heavy atom. The molecule has 26 heavy (non-hydrogen) atoms. The van der Waals surface area contributed by atoms with Crippen molar-refractivity contribution in [2.24, 2.45) is 11.5 Å². The van der Waals surface area contributed by atoms with E-state index in [0.29, 0.717) is 12.4 Å². The Balaban J connectivity index is 1.57. The van der Waals surface area contributed by atoms with Crippen LogP contribution in [0, 0.1) is 0 Å². The molecule has 4 rings (SSSR count). The number of nitrogens with one attached hydrogen (secondary N) is 3. The highest BCUT2D eigenvalue weighted by molar-refractivity contribution is 5.93. The molecule has 0 aromatic carbocycles. The van der Waals surface area contributed by atoms with Crippen LogP contribution < -0.4 is 16.8 Å². The number of hydrogen-bond acceptors (Lipinski definition) is 6. The first-order valence-corrected chi connectivity index (χ1v) is 8.65. The van der Waals surface area contributed by atoms with E-state index in [0.717, 1.165) is 36.3 Å². The van der Waals surface area contributed by atoms with Crippen molar-refractivity contribution in [3.8, 4) is 0 Å². The number of carbonyl (C=O) groups is 1. The third kappa shape index (κ3) is 3.15. The molecule has 9 nitrogen and oxygen atoms in total. The zero-order valence-corrected chi connectivity index (χ0v) is 14.3. The Kier molecular flexibility index (Phi) is 4.11. The van der Waals surface area contributed by atoms with E-state index < -0.39 is 0 Å². The van der Waals surface area contributed by atoms with E-state index >= 15 is 0 Å². The Morgan fingerprint density at radius 3 is 2.92 bits per heavy atom. The van der Waals surface area contributed by atoms with Crippen molar-refractivity contribution in [2.45, 2.75) is 31.3 Å². The molecule has 1 unspecified atom stereocenters. The van der Waals surface area contributed by atoms with Gasteiger partial charge >= 0.3 is 0 Å². The van der Waals surface area contributed by atoms with Gasteiger partial charge in [0.25, 0.3) is 5.91 Å². The smallest absolute Gasteiger partial charge is 0.267 e. The molecule has 0 radical (unpaired) electrons. The van der Waals surface area contributed by atoms with Crippen molar-refractivity contribution < 1.29 is 4.79 Å². The lowest BCUT2D eigenvalue weighted by atomic mass is 10.00. The van der Waals surface area contributed by atoms with Crippen LogP contribution in [0.15, 0.2) is 42.3 Å². The maximum Gasteiger partial charge on any atom is 0.267 e. The molecule has 3 heterocycles. The van der Waals surface area contributed by atoms with E-state index in [9.17, 15) is 4.79 Å². The normalized spacial score (nSPS) is 20.8. The third-order valence-corrected chi connectivity index (χ3v) is 4.68. The van der Waals surface area contributed by atoms with Crippen LogP contribution in [-0.4, -0.2) is 43.6 Å². The average molecular weight is 354 g/mol. The van der Waals surface area contributed by atoms with Gasteiger partial charge < -0.3 is 26.7 Å². The molecule has 2 aromatic heterocycles. The molecule has 0 bridgehead atoms. The van der Waals surface area contributed by atoms with Gasteiger partial charge in [0.1, 0.15) is 6.04 Å². The van der Waals surface area contributed by atoms with Crippen LogP contribution in [0.3, 0.4) is 0 Å². The lowest BCUT2D eigenvalue weighted by molar-refractivity contribution is -0.117. The lowest BCUT2D eigenvalue weighted by Gasteiger charge is -2.36.